The molecule has 0 bridgehead atoms. The highest BCUT2D eigenvalue weighted by molar-refractivity contribution is 7.14. The zero-order valence-corrected chi connectivity index (χ0v) is 18.4. The Labute approximate surface area is 188 Å². The second-order valence-electron chi connectivity index (χ2n) is 7.99. The number of carbonyl (C=O) groups is 3. The van der Waals surface area contributed by atoms with E-state index in [2.05, 4.69) is 10.1 Å². The summed E-state index contributed by atoms with van der Waals surface area (Å²) < 4.78 is 82.1. The van der Waals surface area contributed by atoms with Crippen LogP contribution in [0.5, 0.6) is 0 Å². The van der Waals surface area contributed by atoms with Gasteiger partial charge in [-0.15, -0.1) is 11.3 Å². The maximum Gasteiger partial charge on any atom is 0.416 e. The Balaban J connectivity index is 2.07. The van der Waals surface area contributed by atoms with Gasteiger partial charge in [0.15, 0.2) is 6.61 Å². The smallest absolute Gasteiger partial charge is 0.416 e. The molecule has 0 radical (unpaired) electrons. The molecule has 1 aromatic carbocycles. The Hall–Kier alpha value is -2.89. The van der Waals surface area contributed by atoms with Gasteiger partial charge in [-0.05, 0) is 30.3 Å². The van der Waals surface area contributed by atoms with Crippen molar-refractivity contribution in [1.82, 2.24) is 5.32 Å². The molecule has 180 valence electrons. The Morgan fingerprint density at radius 2 is 1.45 bits per heavy atom. The van der Waals surface area contributed by atoms with Gasteiger partial charge in [-0.3, -0.25) is 9.59 Å². The highest BCUT2D eigenvalue weighted by atomic mass is 32.1. The van der Waals surface area contributed by atoms with E-state index in [4.69, 9.17) is 0 Å². The Morgan fingerprint density at radius 1 is 0.909 bits per heavy atom. The number of rotatable bonds is 6. The summed E-state index contributed by atoms with van der Waals surface area (Å²) in [6.45, 7) is 4.44. The first kappa shape index (κ1) is 26.4. The van der Waals surface area contributed by atoms with Crippen molar-refractivity contribution in [3.05, 3.63) is 56.8 Å². The van der Waals surface area contributed by atoms with E-state index in [1.807, 2.05) is 0 Å². The molecular weight excluding hydrogens is 476 g/mol. The minimum absolute atomic E-state index is 0.118. The molecule has 0 spiro atoms. The predicted octanol–water partition coefficient (Wildman–Crippen LogP) is 5.49. The van der Waals surface area contributed by atoms with E-state index in [-0.39, 0.29) is 35.5 Å². The average Bonchev–Trinajstić information content (AvgIpc) is 3.16. The van der Waals surface area contributed by atoms with Gasteiger partial charge in [0, 0.05) is 10.3 Å². The topological polar surface area (TPSA) is 72.5 Å². The van der Waals surface area contributed by atoms with Crippen LogP contribution < -0.4 is 5.32 Å². The number of Topliss-reactive ketones (excluding diaryl/α,β-unsaturated/α-hetero) is 1. The normalized spacial score (nSPS) is 12.4. The first-order valence-electron chi connectivity index (χ1n) is 9.35. The summed E-state index contributed by atoms with van der Waals surface area (Å²) >= 11 is 1.000. The molecule has 2 rings (SSSR count). The van der Waals surface area contributed by atoms with Crippen LogP contribution in [0.25, 0.3) is 0 Å². The quantitative estimate of drug-likeness (QED) is 0.327. The van der Waals surface area contributed by atoms with Gasteiger partial charge in [-0.1, -0.05) is 20.8 Å². The van der Waals surface area contributed by atoms with Crippen molar-refractivity contribution in [1.29, 1.82) is 0 Å². The first-order chi connectivity index (χ1) is 15.0. The molecule has 12 heteroatoms. The Bertz CT molecular complexity index is 1020. The van der Waals surface area contributed by atoms with Crippen LogP contribution in [0.1, 0.15) is 56.8 Å². The summed E-state index contributed by atoms with van der Waals surface area (Å²) in [5.41, 5.74) is -4.94. The third kappa shape index (κ3) is 7.31. The van der Waals surface area contributed by atoms with Gasteiger partial charge in [0.05, 0.1) is 28.1 Å². The van der Waals surface area contributed by atoms with Crippen LogP contribution in [0, 0.1) is 5.41 Å². The number of nitrogens with one attached hydrogen (secondary N) is 1. The third-order valence-electron chi connectivity index (χ3n) is 4.20. The SMILES string of the molecule is CC(C)(C)C(=O)NCc1ccc(C(=O)COC(=O)c2cc(C(F)(F)F)cc(C(F)(F)F)c2)s1. The van der Waals surface area contributed by atoms with Gasteiger partial charge >= 0.3 is 18.3 Å². The molecule has 1 heterocycles. The van der Waals surface area contributed by atoms with Crippen LogP contribution in [0.2, 0.25) is 0 Å². The monoisotopic (exact) mass is 495 g/mol. The highest BCUT2D eigenvalue weighted by Gasteiger charge is 2.37. The summed E-state index contributed by atoms with van der Waals surface area (Å²) in [5.74, 6) is -2.42. The van der Waals surface area contributed by atoms with Crippen LogP contribution in [0.15, 0.2) is 30.3 Å². The summed E-state index contributed by atoms with van der Waals surface area (Å²) in [6, 6.07) is 3.30. The summed E-state index contributed by atoms with van der Waals surface area (Å²) in [7, 11) is 0. The molecule has 0 atom stereocenters. The number of hydrogen-bond donors (Lipinski definition) is 1. The number of ether oxygens (including phenoxy) is 1. The number of alkyl halides is 6. The van der Waals surface area contributed by atoms with E-state index in [1.165, 1.54) is 6.07 Å². The fourth-order valence-corrected chi connectivity index (χ4v) is 3.29. The number of amides is 1. The lowest BCUT2D eigenvalue weighted by molar-refractivity contribution is -0.143. The zero-order chi connectivity index (χ0) is 25.2. The van der Waals surface area contributed by atoms with Gasteiger partial charge < -0.3 is 10.1 Å². The van der Waals surface area contributed by atoms with Crippen LogP contribution >= 0.6 is 11.3 Å². The molecule has 1 aromatic heterocycles. The number of carbonyl (C=O) groups excluding carboxylic acids is 3. The van der Waals surface area contributed by atoms with Crippen molar-refractivity contribution in [2.24, 2.45) is 5.41 Å². The van der Waals surface area contributed by atoms with E-state index in [0.717, 1.165) is 11.3 Å². The molecule has 1 amide bonds. The van der Waals surface area contributed by atoms with Crippen molar-refractivity contribution in [2.75, 3.05) is 6.61 Å². The Morgan fingerprint density at radius 3 is 1.94 bits per heavy atom. The first-order valence-corrected chi connectivity index (χ1v) is 10.2. The molecule has 0 aliphatic rings. The predicted molar refractivity (Wildman–Crippen MR) is 107 cm³/mol. The molecule has 0 aliphatic heterocycles. The molecule has 1 N–H and O–H groups in total. The number of hydrogen-bond acceptors (Lipinski definition) is 5. The minimum atomic E-state index is -5.12. The standard InChI is InChI=1S/C21H19F6NO4S/c1-19(2,3)18(31)28-9-14-4-5-16(33-14)15(29)10-32-17(30)11-6-12(20(22,23)24)8-13(7-11)21(25,26)27/h4-8H,9-10H2,1-3H3,(H,28,31). The van der Waals surface area contributed by atoms with Crippen molar-refractivity contribution in [3.63, 3.8) is 0 Å². The number of halogens is 6. The van der Waals surface area contributed by atoms with Gasteiger partial charge in [-0.25, -0.2) is 4.79 Å². The second kappa shape index (κ2) is 9.54. The maximum absolute atomic E-state index is 12.9. The maximum atomic E-state index is 12.9. The third-order valence-corrected chi connectivity index (χ3v) is 5.32. The summed E-state index contributed by atoms with van der Waals surface area (Å²) in [4.78, 5) is 36.9. The number of ketones is 1. The molecule has 0 saturated heterocycles. The molecule has 2 aromatic rings. The molecule has 0 aliphatic carbocycles. The lowest BCUT2D eigenvalue weighted by Crippen LogP contribution is -2.34. The van der Waals surface area contributed by atoms with Crippen LogP contribution in [-0.2, 0) is 28.4 Å². The number of benzene rings is 1. The fraction of sp³-hybridized carbons (Fsp3) is 0.381. The van der Waals surface area contributed by atoms with E-state index < -0.39 is 52.8 Å². The largest absolute Gasteiger partial charge is 0.454 e. The molecular formula is C21H19F6NO4S. The van der Waals surface area contributed by atoms with Gasteiger partial charge in [0.25, 0.3) is 0 Å². The number of esters is 1. The van der Waals surface area contributed by atoms with Gasteiger partial charge in [0.1, 0.15) is 0 Å². The van der Waals surface area contributed by atoms with Crippen molar-refractivity contribution in [3.8, 4) is 0 Å². The van der Waals surface area contributed by atoms with Crippen LogP contribution in [0.3, 0.4) is 0 Å². The summed E-state index contributed by atoms with van der Waals surface area (Å²) in [6.07, 6.45) is -10.2. The molecule has 33 heavy (non-hydrogen) atoms. The Kier molecular flexibility index (Phi) is 7.62. The molecule has 0 unspecified atom stereocenters. The molecule has 0 saturated carbocycles. The van der Waals surface area contributed by atoms with E-state index in [0.29, 0.717) is 4.88 Å². The van der Waals surface area contributed by atoms with Crippen molar-refractivity contribution < 1.29 is 45.5 Å². The van der Waals surface area contributed by atoms with E-state index >= 15 is 0 Å². The van der Waals surface area contributed by atoms with Crippen LogP contribution in [0.4, 0.5) is 26.3 Å². The summed E-state index contributed by atoms with van der Waals surface area (Å²) in [5, 5.41) is 2.69. The average molecular weight is 495 g/mol. The highest BCUT2D eigenvalue weighted by Crippen LogP contribution is 2.36. The van der Waals surface area contributed by atoms with Crippen molar-refractivity contribution >= 4 is 29.0 Å². The number of thiophene rings is 1. The van der Waals surface area contributed by atoms with Gasteiger partial charge in [-0.2, -0.15) is 26.3 Å². The van der Waals surface area contributed by atoms with Crippen molar-refractivity contribution in [2.45, 2.75) is 39.7 Å². The lowest BCUT2D eigenvalue weighted by atomic mass is 9.96. The zero-order valence-electron chi connectivity index (χ0n) is 17.6. The lowest BCUT2D eigenvalue weighted by Gasteiger charge is -2.17. The van der Waals surface area contributed by atoms with Crippen LogP contribution in [-0.4, -0.2) is 24.3 Å². The van der Waals surface area contributed by atoms with E-state index in [9.17, 15) is 40.7 Å². The second-order valence-corrected chi connectivity index (χ2v) is 9.16. The minimum Gasteiger partial charge on any atom is -0.454 e. The molecule has 0 fully saturated rings. The van der Waals surface area contributed by atoms with E-state index in [1.54, 1.807) is 26.8 Å². The fourth-order valence-electron chi connectivity index (χ4n) is 2.41. The molecule has 5 nitrogen and oxygen atoms in total. The van der Waals surface area contributed by atoms with Gasteiger partial charge in [0.2, 0.25) is 11.7 Å².